The molecule has 4 nitrogen and oxygen atoms in total. The van der Waals surface area contributed by atoms with E-state index in [2.05, 4.69) is 4.98 Å². The minimum Gasteiger partial charge on any atom is -0.481 e. The summed E-state index contributed by atoms with van der Waals surface area (Å²) in [5, 5.41) is 8.83. The quantitative estimate of drug-likeness (QED) is 0.802. The van der Waals surface area contributed by atoms with Gasteiger partial charge >= 0.3 is 5.97 Å². The lowest BCUT2D eigenvalue weighted by atomic mass is 10.1. The van der Waals surface area contributed by atoms with Crippen LogP contribution in [0.3, 0.4) is 0 Å². The van der Waals surface area contributed by atoms with Crippen molar-refractivity contribution in [2.45, 2.75) is 6.42 Å². The van der Waals surface area contributed by atoms with Gasteiger partial charge in [0.15, 0.2) is 0 Å². The fraction of sp³-hybridized carbons (Fsp3) is 0.0909. The van der Waals surface area contributed by atoms with Crippen molar-refractivity contribution in [3.8, 4) is 0 Å². The molecule has 16 heavy (non-hydrogen) atoms. The van der Waals surface area contributed by atoms with Gasteiger partial charge in [0, 0.05) is 11.5 Å². The van der Waals surface area contributed by atoms with Gasteiger partial charge < -0.3 is 10.1 Å². The monoisotopic (exact) mass is 221 g/mol. The molecule has 0 aliphatic carbocycles. The van der Waals surface area contributed by atoms with Crippen molar-refractivity contribution in [1.82, 2.24) is 4.98 Å². The van der Waals surface area contributed by atoms with Gasteiger partial charge in [-0.15, -0.1) is 0 Å². The molecule has 0 aliphatic heterocycles. The van der Waals surface area contributed by atoms with Crippen LogP contribution in [0.5, 0.6) is 0 Å². The molecule has 0 aliphatic rings. The maximum Gasteiger partial charge on any atom is 0.307 e. The molecule has 0 fully saturated rings. The maximum absolute atomic E-state index is 13.5. The number of fused-ring (bicyclic) bond motifs is 1. The number of hydrogen-bond donors (Lipinski definition) is 2. The van der Waals surface area contributed by atoms with Crippen LogP contribution in [0.1, 0.15) is 5.56 Å². The van der Waals surface area contributed by atoms with Gasteiger partial charge in [0.2, 0.25) is 5.56 Å². The topological polar surface area (TPSA) is 70.2 Å². The average Bonchev–Trinajstić information content (AvgIpc) is 2.15. The van der Waals surface area contributed by atoms with Gasteiger partial charge in [0.05, 0.1) is 11.9 Å². The Morgan fingerprint density at radius 3 is 2.88 bits per heavy atom. The van der Waals surface area contributed by atoms with Gasteiger partial charge in [0.1, 0.15) is 5.82 Å². The molecule has 0 spiro atoms. The van der Waals surface area contributed by atoms with Crippen molar-refractivity contribution in [1.29, 1.82) is 0 Å². The Morgan fingerprint density at radius 2 is 2.19 bits per heavy atom. The van der Waals surface area contributed by atoms with Crippen LogP contribution in [0.25, 0.3) is 10.9 Å². The van der Waals surface area contributed by atoms with E-state index in [1.54, 1.807) is 0 Å². The molecule has 82 valence electrons. The maximum atomic E-state index is 13.5. The minimum absolute atomic E-state index is 0.157. The molecular weight excluding hydrogens is 213 g/mol. The number of carbonyl (C=O) groups is 1. The van der Waals surface area contributed by atoms with Crippen LogP contribution in [-0.2, 0) is 11.2 Å². The van der Waals surface area contributed by atoms with Gasteiger partial charge in [-0.3, -0.25) is 9.59 Å². The van der Waals surface area contributed by atoms with Crippen molar-refractivity contribution < 1.29 is 14.3 Å². The van der Waals surface area contributed by atoms with Crippen molar-refractivity contribution in [3.05, 3.63) is 46.0 Å². The fourth-order valence-corrected chi connectivity index (χ4v) is 1.66. The van der Waals surface area contributed by atoms with E-state index in [0.717, 1.165) is 6.07 Å². The third-order valence-electron chi connectivity index (χ3n) is 2.24. The Bertz CT molecular complexity index is 618. The van der Waals surface area contributed by atoms with Crippen molar-refractivity contribution in [2.24, 2.45) is 0 Å². The number of aromatic nitrogens is 1. The van der Waals surface area contributed by atoms with E-state index in [1.807, 2.05) is 0 Å². The largest absolute Gasteiger partial charge is 0.481 e. The zero-order valence-electron chi connectivity index (χ0n) is 8.16. The van der Waals surface area contributed by atoms with Crippen molar-refractivity contribution >= 4 is 16.9 Å². The number of hydrogen-bond acceptors (Lipinski definition) is 2. The normalized spacial score (nSPS) is 10.6. The predicted molar refractivity (Wildman–Crippen MR) is 55.9 cm³/mol. The molecule has 0 radical (unpaired) electrons. The zero-order valence-corrected chi connectivity index (χ0v) is 8.16. The number of aromatic amines is 1. The molecule has 2 aromatic rings. The Balaban J connectivity index is 2.79. The van der Waals surface area contributed by atoms with E-state index >= 15 is 0 Å². The number of benzene rings is 1. The molecule has 0 saturated heterocycles. The summed E-state index contributed by atoms with van der Waals surface area (Å²) in [6.45, 7) is 0. The van der Waals surface area contributed by atoms with Crippen LogP contribution in [0, 0.1) is 5.82 Å². The van der Waals surface area contributed by atoms with E-state index in [-0.39, 0.29) is 17.4 Å². The molecule has 0 amide bonds. The standard InChI is InChI=1S/C11H8FNO3/c12-7-2-1-3-8-11(7)6(5-10(15)16)4-9(14)13-8/h1-4H,5H2,(H,13,14)(H,15,16). The van der Waals surface area contributed by atoms with Crippen LogP contribution in [0.2, 0.25) is 0 Å². The minimum atomic E-state index is -1.10. The van der Waals surface area contributed by atoms with Crippen molar-refractivity contribution in [3.63, 3.8) is 0 Å². The van der Waals surface area contributed by atoms with Gasteiger partial charge in [-0.1, -0.05) is 6.07 Å². The molecule has 0 bridgehead atoms. The fourth-order valence-electron chi connectivity index (χ4n) is 1.66. The lowest BCUT2D eigenvalue weighted by molar-refractivity contribution is -0.136. The van der Waals surface area contributed by atoms with Crippen LogP contribution in [-0.4, -0.2) is 16.1 Å². The van der Waals surface area contributed by atoms with E-state index in [1.165, 1.54) is 18.2 Å². The smallest absolute Gasteiger partial charge is 0.307 e. The molecule has 2 rings (SSSR count). The van der Waals surface area contributed by atoms with Crippen LogP contribution >= 0.6 is 0 Å². The van der Waals surface area contributed by atoms with E-state index < -0.39 is 17.3 Å². The van der Waals surface area contributed by atoms with Crippen LogP contribution < -0.4 is 5.56 Å². The first-order chi connectivity index (χ1) is 7.58. The second-order valence-corrected chi connectivity index (χ2v) is 3.39. The van der Waals surface area contributed by atoms with E-state index in [4.69, 9.17) is 5.11 Å². The first-order valence-electron chi connectivity index (χ1n) is 4.60. The Morgan fingerprint density at radius 1 is 1.44 bits per heavy atom. The molecular formula is C11H8FNO3. The Kier molecular flexibility index (Phi) is 2.44. The molecule has 1 heterocycles. The predicted octanol–water partition coefficient (Wildman–Crippen LogP) is 1.29. The molecule has 0 saturated carbocycles. The van der Waals surface area contributed by atoms with Gasteiger partial charge in [0.25, 0.3) is 0 Å². The summed E-state index contributed by atoms with van der Waals surface area (Å²) in [6, 6.07) is 5.33. The molecule has 1 aromatic heterocycles. The SMILES string of the molecule is O=C(O)Cc1cc(=O)[nH]c2cccc(F)c12. The summed E-state index contributed by atoms with van der Waals surface area (Å²) in [4.78, 5) is 24.3. The summed E-state index contributed by atoms with van der Waals surface area (Å²) < 4.78 is 13.5. The van der Waals surface area contributed by atoms with Gasteiger partial charge in [-0.25, -0.2) is 4.39 Å². The first-order valence-corrected chi connectivity index (χ1v) is 4.60. The summed E-state index contributed by atoms with van der Waals surface area (Å²) in [5.41, 5.74) is 0.0578. The Labute approximate surface area is 89.3 Å². The summed E-state index contributed by atoms with van der Waals surface area (Å²) in [7, 11) is 0. The number of aliphatic carboxylic acids is 1. The number of halogens is 1. The van der Waals surface area contributed by atoms with Gasteiger partial charge in [-0.2, -0.15) is 0 Å². The molecule has 1 aromatic carbocycles. The number of rotatable bonds is 2. The highest BCUT2D eigenvalue weighted by molar-refractivity contribution is 5.86. The molecule has 0 unspecified atom stereocenters. The first kappa shape index (κ1) is 10.4. The second-order valence-electron chi connectivity index (χ2n) is 3.39. The number of H-pyrrole nitrogens is 1. The van der Waals surface area contributed by atoms with Gasteiger partial charge in [-0.05, 0) is 17.7 Å². The number of carboxylic acids is 1. The average molecular weight is 221 g/mol. The lowest BCUT2D eigenvalue weighted by Gasteiger charge is -2.04. The summed E-state index contributed by atoms with van der Waals surface area (Å²) in [5.74, 6) is -1.64. The summed E-state index contributed by atoms with van der Waals surface area (Å²) in [6.07, 6.45) is -0.374. The third kappa shape index (κ3) is 1.79. The summed E-state index contributed by atoms with van der Waals surface area (Å²) >= 11 is 0. The zero-order chi connectivity index (χ0) is 11.7. The van der Waals surface area contributed by atoms with Crippen LogP contribution in [0.15, 0.2) is 29.1 Å². The highest BCUT2D eigenvalue weighted by Crippen LogP contribution is 2.19. The third-order valence-corrected chi connectivity index (χ3v) is 2.24. The highest BCUT2D eigenvalue weighted by atomic mass is 19.1. The molecule has 5 heteroatoms. The molecule has 0 atom stereocenters. The van der Waals surface area contributed by atoms with Crippen LogP contribution in [0.4, 0.5) is 4.39 Å². The van der Waals surface area contributed by atoms with E-state index in [9.17, 15) is 14.0 Å². The van der Waals surface area contributed by atoms with E-state index in [0.29, 0.717) is 5.52 Å². The van der Waals surface area contributed by atoms with Crippen molar-refractivity contribution in [2.75, 3.05) is 0 Å². The number of pyridine rings is 1. The lowest BCUT2D eigenvalue weighted by Crippen LogP contribution is -2.10. The Hall–Kier alpha value is -2.17. The number of nitrogens with one attached hydrogen (secondary N) is 1. The molecule has 2 N–H and O–H groups in total. The number of carboxylic acid groups (broad SMARTS) is 1. The highest BCUT2D eigenvalue weighted by Gasteiger charge is 2.10. The second kappa shape index (κ2) is 3.77.